The summed E-state index contributed by atoms with van der Waals surface area (Å²) in [6.45, 7) is 1.62. The number of nitrogens with one attached hydrogen (secondary N) is 1. The molecule has 1 rings (SSSR count). The van der Waals surface area contributed by atoms with E-state index in [0.717, 1.165) is 0 Å². The number of carbonyl (C=O) groups is 1. The van der Waals surface area contributed by atoms with E-state index in [4.69, 9.17) is 11.5 Å². The Morgan fingerprint density at radius 1 is 1.44 bits per heavy atom. The van der Waals surface area contributed by atoms with E-state index in [2.05, 4.69) is 10.3 Å². The van der Waals surface area contributed by atoms with Gasteiger partial charge in [-0.05, 0) is 12.5 Å². The first-order valence-electron chi connectivity index (χ1n) is 4.56. The molecule has 0 aliphatic carbocycles. The fourth-order valence-electron chi connectivity index (χ4n) is 1.22. The Morgan fingerprint density at radius 2 is 2.06 bits per heavy atom. The molecule has 2 amide bonds. The standard InChI is InChI=1S/C9H11N5O3.ClH/c1-5-3-2-4-6(14(16)17)7(5)12-9(15)13-8(10)11;/h2-4H,1H3,(H5,10,11,12,13,15);1H. The van der Waals surface area contributed by atoms with Crippen LogP contribution in [0, 0.1) is 17.0 Å². The maximum atomic E-state index is 11.3. The largest absolute Gasteiger partial charge is 0.370 e. The predicted octanol–water partition coefficient (Wildman–Crippen LogP) is 1.13. The maximum Gasteiger partial charge on any atom is 0.348 e. The van der Waals surface area contributed by atoms with Crippen LogP contribution in [0.25, 0.3) is 0 Å². The van der Waals surface area contributed by atoms with E-state index in [1.54, 1.807) is 13.0 Å². The number of urea groups is 1. The molecular formula is C9H12ClN5O3. The van der Waals surface area contributed by atoms with Gasteiger partial charge in [0, 0.05) is 6.07 Å². The zero-order chi connectivity index (χ0) is 13.0. The van der Waals surface area contributed by atoms with Crippen molar-refractivity contribution in [3.63, 3.8) is 0 Å². The molecule has 0 unspecified atom stereocenters. The highest BCUT2D eigenvalue weighted by Crippen LogP contribution is 2.27. The SMILES string of the molecule is Cc1cccc([N+](=O)[O-])c1NC(=O)N=C(N)N.Cl. The van der Waals surface area contributed by atoms with Gasteiger partial charge in [-0.1, -0.05) is 12.1 Å². The molecule has 5 N–H and O–H groups in total. The fraction of sp³-hybridized carbons (Fsp3) is 0.111. The monoisotopic (exact) mass is 273 g/mol. The Labute approximate surface area is 109 Å². The first kappa shape index (κ1) is 15.7. The molecule has 98 valence electrons. The second-order valence-corrected chi connectivity index (χ2v) is 3.19. The van der Waals surface area contributed by atoms with Gasteiger partial charge >= 0.3 is 6.03 Å². The van der Waals surface area contributed by atoms with Gasteiger partial charge in [-0.25, -0.2) is 4.79 Å². The zero-order valence-electron chi connectivity index (χ0n) is 9.41. The number of halogens is 1. The molecule has 0 saturated heterocycles. The molecule has 0 aromatic heterocycles. The van der Waals surface area contributed by atoms with Crippen molar-refractivity contribution in [1.29, 1.82) is 0 Å². The van der Waals surface area contributed by atoms with Crippen LogP contribution in [0.1, 0.15) is 5.56 Å². The molecule has 18 heavy (non-hydrogen) atoms. The van der Waals surface area contributed by atoms with Crippen molar-refractivity contribution in [3.8, 4) is 0 Å². The van der Waals surface area contributed by atoms with E-state index in [0.29, 0.717) is 5.56 Å². The van der Waals surface area contributed by atoms with Gasteiger partial charge in [0.1, 0.15) is 5.69 Å². The molecule has 0 aliphatic rings. The molecule has 0 aliphatic heterocycles. The van der Waals surface area contributed by atoms with Crippen molar-refractivity contribution in [1.82, 2.24) is 0 Å². The van der Waals surface area contributed by atoms with Crippen LogP contribution in [0.3, 0.4) is 0 Å². The molecule has 1 aromatic rings. The van der Waals surface area contributed by atoms with E-state index in [9.17, 15) is 14.9 Å². The third kappa shape index (κ3) is 3.91. The second kappa shape index (κ2) is 6.40. The quantitative estimate of drug-likeness (QED) is 0.321. The second-order valence-electron chi connectivity index (χ2n) is 3.19. The third-order valence-corrected chi connectivity index (χ3v) is 1.91. The average molecular weight is 274 g/mol. The number of benzene rings is 1. The number of nitro benzene ring substituents is 1. The number of carbonyl (C=O) groups excluding carboxylic acids is 1. The minimum Gasteiger partial charge on any atom is -0.370 e. The molecule has 8 nitrogen and oxygen atoms in total. The molecule has 0 radical (unpaired) electrons. The van der Waals surface area contributed by atoms with Crippen LogP contribution < -0.4 is 16.8 Å². The fourth-order valence-corrected chi connectivity index (χ4v) is 1.22. The minimum absolute atomic E-state index is 0. The van der Waals surface area contributed by atoms with E-state index in [1.807, 2.05) is 0 Å². The molecule has 0 spiro atoms. The Bertz CT molecular complexity index is 499. The maximum absolute atomic E-state index is 11.3. The number of nitrogens with two attached hydrogens (primary N) is 2. The van der Waals surface area contributed by atoms with Gasteiger partial charge in [0.25, 0.3) is 5.69 Å². The van der Waals surface area contributed by atoms with Gasteiger partial charge in [0.2, 0.25) is 0 Å². The molecule has 9 heteroatoms. The van der Waals surface area contributed by atoms with Crippen molar-refractivity contribution < 1.29 is 9.72 Å². The van der Waals surface area contributed by atoms with Crippen LogP contribution in [0.4, 0.5) is 16.2 Å². The van der Waals surface area contributed by atoms with Crippen molar-refractivity contribution in [2.24, 2.45) is 16.5 Å². The van der Waals surface area contributed by atoms with Gasteiger partial charge in [0.15, 0.2) is 5.96 Å². The van der Waals surface area contributed by atoms with E-state index < -0.39 is 16.9 Å². The number of hydrogen-bond acceptors (Lipinski definition) is 3. The Balaban J connectivity index is 0.00000289. The van der Waals surface area contributed by atoms with E-state index >= 15 is 0 Å². The summed E-state index contributed by atoms with van der Waals surface area (Å²) in [6, 6.07) is 3.56. The summed E-state index contributed by atoms with van der Waals surface area (Å²) in [7, 11) is 0. The summed E-state index contributed by atoms with van der Waals surface area (Å²) in [5, 5.41) is 13.0. The summed E-state index contributed by atoms with van der Waals surface area (Å²) in [5.41, 5.74) is 10.4. The lowest BCUT2D eigenvalue weighted by atomic mass is 10.1. The Kier molecular flexibility index (Phi) is 5.57. The van der Waals surface area contributed by atoms with Crippen LogP contribution in [0.2, 0.25) is 0 Å². The van der Waals surface area contributed by atoms with Crippen LogP contribution in [-0.2, 0) is 0 Å². The molecule has 0 saturated carbocycles. The lowest BCUT2D eigenvalue weighted by molar-refractivity contribution is -0.383. The normalized spacial score (nSPS) is 8.94. The zero-order valence-corrected chi connectivity index (χ0v) is 10.2. The highest BCUT2D eigenvalue weighted by molar-refractivity contribution is 5.99. The lowest BCUT2D eigenvalue weighted by Crippen LogP contribution is -2.25. The third-order valence-electron chi connectivity index (χ3n) is 1.91. The van der Waals surface area contributed by atoms with Gasteiger partial charge in [-0.15, -0.1) is 12.4 Å². The lowest BCUT2D eigenvalue weighted by Gasteiger charge is -2.06. The summed E-state index contributed by atoms with van der Waals surface area (Å²) in [5.74, 6) is -0.418. The summed E-state index contributed by atoms with van der Waals surface area (Å²) in [6.07, 6.45) is 0. The van der Waals surface area contributed by atoms with Crippen molar-refractivity contribution in [3.05, 3.63) is 33.9 Å². The predicted molar refractivity (Wildman–Crippen MR) is 69.9 cm³/mol. The molecule has 1 aromatic carbocycles. The summed E-state index contributed by atoms with van der Waals surface area (Å²) >= 11 is 0. The molecular weight excluding hydrogens is 262 g/mol. The summed E-state index contributed by atoms with van der Waals surface area (Å²) in [4.78, 5) is 24.6. The smallest absolute Gasteiger partial charge is 0.348 e. The Hall–Kier alpha value is -2.35. The number of aliphatic imine (C=N–C) groups is 1. The number of guanidine groups is 1. The molecule has 0 heterocycles. The number of aryl methyl sites for hydroxylation is 1. The van der Waals surface area contributed by atoms with Crippen LogP contribution in [-0.4, -0.2) is 16.9 Å². The molecule has 0 atom stereocenters. The van der Waals surface area contributed by atoms with Crippen molar-refractivity contribution in [2.45, 2.75) is 6.92 Å². The number of hydrogen-bond donors (Lipinski definition) is 3. The first-order chi connectivity index (χ1) is 7.91. The van der Waals surface area contributed by atoms with Gasteiger partial charge in [0.05, 0.1) is 4.92 Å². The van der Waals surface area contributed by atoms with Gasteiger partial charge in [-0.3, -0.25) is 15.4 Å². The summed E-state index contributed by atoms with van der Waals surface area (Å²) < 4.78 is 0. The average Bonchev–Trinajstić information content (AvgIpc) is 2.19. The number of para-hydroxylation sites is 1. The van der Waals surface area contributed by atoms with Gasteiger partial charge < -0.3 is 11.5 Å². The van der Waals surface area contributed by atoms with E-state index in [-0.39, 0.29) is 23.8 Å². The topological polar surface area (TPSA) is 137 Å². The van der Waals surface area contributed by atoms with Crippen molar-refractivity contribution in [2.75, 3.05) is 5.32 Å². The number of anilines is 1. The van der Waals surface area contributed by atoms with Crippen molar-refractivity contribution >= 4 is 35.8 Å². The molecule has 0 fully saturated rings. The molecule has 0 bridgehead atoms. The van der Waals surface area contributed by atoms with Crippen LogP contribution >= 0.6 is 12.4 Å². The number of nitrogens with zero attached hydrogens (tertiary/aromatic N) is 2. The first-order valence-corrected chi connectivity index (χ1v) is 4.56. The highest BCUT2D eigenvalue weighted by Gasteiger charge is 2.17. The van der Waals surface area contributed by atoms with Crippen LogP contribution in [0.15, 0.2) is 23.2 Å². The minimum atomic E-state index is -0.859. The van der Waals surface area contributed by atoms with Crippen LogP contribution in [0.5, 0.6) is 0 Å². The number of rotatable bonds is 2. The number of amides is 2. The van der Waals surface area contributed by atoms with E-state index in [1.165, 1.54) is 12.1 Å². The Morgan fingerprint density at radius 3 is 2.56 bits per heavy atom. The highest BCUT2D eigenvalue weighted by atomic mass is 35.5. The number of nitro groups is 1. The van der Waals surface area contributed by atoms with Gasteiger partial charge in [-0.2, -0.15) is 4.99 Å².